The van der Waals surface area contributed by atoms with Crippen molar-refractivity contribution in [1.82, 2.24) is 4.31 Å². The number of carbonyl (C=O) groups is 2. The molecular weight excluding hydrogens is 422 g/mol. The van der Waals surface area contributed by atoms with Gasteiger partial charge in [0.25, 0.3) is 5.91 Å². The van der Waals surface area contributed by atoms with Crippen LogP contribution in [0.15, 0.2) is 53.4 Å². The van der Waals surface area contributed by atoms with Gasteiger partial charge in [-0.25, -0.2) is 13.3 Å². The van der Waals surface area contributed by atoms with Crippen molar-refractivity contribution in [3.63, 3.8) is 0 Å². The van der Waals surface area contributed by atoms with E-state index in [2.05, 4.69) is 5.32 Å². The SMILES string of the molecule is COc1ccc(NC2CC(=O)N(c3ccc(S(=O)(=O)N4CCOCC4)cc3)C2=O)cc1. The molecule has 0 saturated carbocycles. The van der Waals surface area contributed by atoms with Gasteiger partial charge in [-0.15, -0.1) is 0 Å². The van der Waals surface area contributed by atoms with Crippen LogP contribution in [0.25, 0.3) is 0 Å². The van der Waals surface area contributed by atoms with Crippen LogP contribution >= 0.6 is 0 Å². The van der Waals surface area contributed by atoms with Crippen LogP contribution in [0.5, 0.6) is 5.75 Å². The van der Waals surface area contributed by atoms with Gasteiger partial charge in [-0.3, -0.25) is 9.59 Å². The van der Waals surface area contributed by atoms with Crippen LogP contribution in [-0.2, 0) is 24.3 Å². The molecule has 2 aromatic carbocycles. The Bertz CT molecular complexity index is 1060. The largest absolute Gasteiger partial charge is 0.497 e. The van der Waals surface area contributed by atoms with Crippen LogP contribution in [0.2, 0.25) is 0 Å². The van der Waals surface area contributed by atoms with E-state index in [4.69, 9.17) is 9.47 Å². The predicted molar refractivity (Wildman–Crippen MR) is 114 cm³/mol. The van der Waals surface area contributed by atoms with Gasteiger partial charge in [0.05, 0.1) is 37.3 Å². The van der Waals surface area contributed by atoms with Crippen molar-refractivity contribution in [3.8, 4) is 5.75 Å². The lowest BCUT2D eigenvalue weighted by Crippen LogP contribution is -2.40. The number of nitrogens with zero attached hydrogens (tertiary/aromatic N) is 2. The third-order valence-electron chi connectivity index (χ3n) is 5.28. The molecule has 164 valence electrons. The van der Waals surface area contributed by atoms with Gasteiger partial charge in [-0.2, -0.15) is 4.31 Å². The average molecular weight is 445 g/mol. The fraction of sp³-hybridized carbons (Fsp3) is 0.333. The summed E-state index contributed by atoms with van der Waals surface area (Å²) in [6.07, 6.45) is 0.0126. The third-order valence-corrected chi connectivity index (χ3v) is 7.19. The first-order valence-corrected chi connectivity index (χ1v) is 11.3. The Kier molecular flexibility index (Phi) is 5.94. The highest BCUT2D eigenvalue weighted by molar-refractivity contribution is 7.89. The molecule has 1 unspecified atom stereocenters. The molecule has 2 heterocycles. The number of carbonyl (C=O) groups excluding carboxylic acids is 2. The second kappa shape index (κ2) is 8.66. The Hall–Kier alpha value is -2.95. The minimum Gasteiger partial charge on any atom is -0.497 e. The molecule has 2 saturated heterocycles. The van der Waals surface area contributed by atoms with Crippen molar-refractivity contribution in [2.24, 2.45) is 0 Å². The maximum absolute atomic E-state index is 12.9. The van der Waals surface area contributed by atoms with Crippen LogP contribution < -0.4 is 15.0 Å². The standard InChI is InChI=1S/C21H23N3O6S/c1-29-17-6-2-15(3-7-17)22-19-14-20(25)24(21(19)26)16-4-8-18(9-5-16)31(27,28)23-10-12-30-13-11-23/h2-9,19,22H,10-14H2,1H3. The number of ether oxygens (including phenoxy) is 2. The average Bonchev–Trinajstić information content (AvgIpc) is 3.07. The zero-order valence-electron chi connectivity index (χ0n) is 17.0. The van der Waals surface area contributed by atoms with Gasteiger partial charge < -0.3 is 14.8 Å². The molecule has 0 aromatic heterocycles. The van der Waals surface area contributed by atoms with Crippen molar-refractivity contribution in [2.45, 2.75) is 17.4 Å². The molecular formula is C21H23N3O6S. The van der Waals surface area contributed by atoms with E-state index in [0.29, 0.717) is 43.4 Å². The molecule has 31 heavy (non-hydrogen) atoms. The first-order chi connectivity index (χ1) is 14.9. The summed E-state index contributed by atoms with van der Waals surface area (Å²) >= 11 is 0. The number of hydrogen-bond donors (Lipinski definition) is 1. The Morgan fingerprint density at radius 1 is 1.00 bits per heavy atom. The number of imide groups is 1. The zero-order valence-corrected chi connectivity index (χ0v) is 17.8. The van der Waals surface area contributed by atoms with Crippen LogP contribution in [-0.4, -0.2) is 64.0 Å². The van der Waals surface area contributed by atoms with Gasteiger partial charge in [0.15, 0.2) is 0 Å². The first-order valence-electron chi connectivity index (χ1n) is 9.85. The lowest BCUT2D eigenvalue weighted by molar-refractivity contribution is -0.121. The van der Waals surface area contributed by atoms with E-state index in [1.54, 1.807) is 31.4 Å². The van der Waals surface area contributed by atoms with Gasteiger partial charge in [-0.05, 0) is 48.5 Å². The topological polar surface area (TPSA) is 105 Å². The van der Waals surface area contributed by atoms with Crippen molar-refractivity contribution < 1.29 is 27.5 Å². The maximum atomic E-state index is 12.9. The molecule has 9 nitrogen and oxygen atoms in total. The fourth-order valence-corrected chi connectivity index (χ4v) is 5.02. The van der Waals surface area contributed by atoms with E-state index < -0.39 is 16.1 Å². The molecule has 2 aromatic rings. The van der Waals surface area contributed by atoms with Gasteiger partial charge in [0, 0.05) is 18.8 Å². The molecule has 2 aliphatic heterocycles. The summed E-state index contributed by atoms with van der Waals surface area (Å²) in [4.78, 5) is 26.6. The number of rotatable bonds is 6. The van der Waals surface area contributed by atoms with E-state index >= 15 is 0 Å². The highest BCUT2D eigenvalue weighted by atomic mass is 32.2. The first kappa shape index (κ1) is 21.3. The van der Waals surface area contributed by atoms with Crippen LogP contribution in [0, 0.1) is 0 Å². The molecule has 4 rings (SSSR count). The number of nitrogens with one attached hydrogen (secondary N) is 1. The number of amides is 2. The number of benzene rings is 2. The van der Waals surface area contributed by atoms with E-state index in [1.165, 1.54) is 28.6 Å². The number of anilines is 2. The molecule has 0 radical (unpaired) electrons. The molecule has 0 spiro atoms. The predicted octanol–water partition coefficient (Wildman–Crippen LogP) is 1.46. The fourth-order valence-electron chi connectivity index (χ4n) is 3.61. The summed E-state index contributed by atoms with van der Waals surface area (Å²) in [5, 5.41) is 3.07. The van der Waals surface area contributed by atoms with Gasteiger partial charge in [0.2, 0.25) is 15.9 Å². The zero-order chi connectivity index (χ0) is 22.0. The molecule has 10 heteroatoms. The Morgan fingerprint density at radius 2 is 1.65 bits per heavy atom. The molecule has 2 fully saturated rings. The van der Waals surface area contributed by atoms with E-state index in [9.17, 15) is 18.0 Å². The van der Waals surface area contributed by atoms with Gasteiger partial charge >= 0.3 is 0 Å². The number of morpholine rings is 1. The van der Waals surface area contributed by atoms with E-state index in [0.717, 1.165) is 4.90 Å². The van der Waals surface area contributed by atoms with Crippen molar-refractivity contribution in [2.75, 3.05) is 43.6 Å². The van der Waals surface area contributed by atoms with Gasteiger partial charge in [0.1, 0.15) is 11.8 Å². The smallest absolute Gasteiger partial charge is 0.256 e. The summed E-state index contributed by atoms with van der Waals surface area (Å²) in [6, 6.07) is 12.2. The molecule has 0 aliphatic carbocycles. The maximum Gasteiger partial charge on any atom is 0.256 e. The van der Waals surface area contributed by atoms with Crippen molar-refractivity contribution in [3.05, 3.63) is 48.5 Å². The highest BCUT2D eigenvalue weighted by Gasteiger charge is 2.39. The lowest BCUT2D eigenvalue weighted by Gasteiger charge is -2.26. The summed E-state index contributed by atoms with van der Waals surface area (Å²) in [5.41, 5.74) is 1.04. The van der Waals surface area contributed by atoms with Crippen LogP contribution in [0.1, 0.15) is 6.42 Å². The quantitative estimate of drug-likeness (QED) is 0.671. The van der Waals surface area contributed by atoms with Gasteiger partial charge in [-0.1, -0.05) is 0 Å². The van der Waals surface area contributed by atoms with E-state index in [1.807, 2.05) is 0 Å². The normalized spacial score (nSPS) is 20.2. The van der Waals surface area contributed by atoms with Crippen molar-refractivity contribution in [1.29, 1.82) is 0 Å². The van der Waals surface area contributed by atoms with Crippen LogP contribution in [0.3, 0.4) is 0 Å². The Morgan fingerprint density at radius 3 is 2.26 bits per heavy atom. The number of hydrogen-bond acceptors (Lipinski definition) is 7. The summed E-state index contributed by atoms with van der Waals surface area (Å²) in [6.45, 7) is 1.31. The Labute approximate surface area is 180 Å². The Balaban J connectivity index is 1.48. The summed E-state index contributed by atoms with van der Waals surface area (Å²) in [5.74, 6) is -0.0440. The molecule has 2 aliphatic rings. The second-order valence-corrected chi connectivity index (χ2v) is 9.15. The third kappa shape index (κ3) is 4.27. The van der Waals surface area contributed by atoms with Crippen molar-refractivity contribution >= 4 is 33.2 Å². The molecule has 2 amide bonds. The van der Waals surface area contributed by atoms with E-state index in [-0.39, 0.29) is 23.1 Å². The molecule has 0 bridgehead atoms. The highest BCUT2D eigenvalue weighted by Crippen LogP contribution is 2.27. The summed E-state index contributed by atoms with van der Waals surface area (Å²) in [7, 11) is -2.08. The minimum absolute atomic E-state index is 0.0126. The van der Waals surface area contributed by atoms with Crippen LogP contribution in [0.4, 0.5) is 11.4 Å². The number of sulfonamides is 1. The molecule has 1 atom stereocenters. The monoisotopic (exact) mass is 445 g/mol. The second-order valence-electron chi connectivity index (χ2n) is 7.21. The number of methoxy groups -OCH3 is 1. The minimum atomic E-state index is -3.64. The lowest BCUT2D eigenvalue weighted by atomic mass is 10.2. The molecule has 1 N–H and O–H groups in total. The summed E-state index contributed by atoms with van der Waals surface area (Å²) < 4.78 is 37.2.